The molecule has 0 bridgehead atoms. The van der Waals surface area contributed by atoms with E-state index in [-0.39, 0.29) is 12.5 Å². The van der Waals surface area contributed by atoms with Gasteiger partial charge in [-0.05, 0) is 26.7 Å². The average Bonchev–Trinajstić information content (AvgIpc) is 1.98. The maximum atomic E-state index is 10.1. The van der Waals surface area contributed by atoms with Crippen molar-refractivity contribution >= 4 is 5.97 Å². The normalized spacial score (nSPS) is 12.8. The maximum absolute atomic E-state index is 10.1. The Morgan fingerprint density at radius 1 is 1.50 bits per heavy atom. The number of carboxylic acid groups (broad SMARTS) is 1. The minimum Gasteiger partial charge on any atom is -0.481 e. The lowest BCUT2D eigenvalue weighted by atomic mass is 10.1. The molecule has 1 unspecified atom stereocenters. The highest BCUT2D eigenvalue weighted by Gasteiger charge is 2.01. The van der Waals surface area contributed by atoms with Gasteiger partial charge in [0.1, 0.15) is 0 Å². The summed E-state index contributed by atoms with van der Waals surface area (Å²) in [5.41, 5.74) is 0. The van der Waals surface area contributed by atoms with Crippen molar-refractivity contribution in [2.24, 2.45) is 0 Å². The van der Waals surface area contributed by atoms with Gasteiger partial charge in [0, 0.05) is 13.0 Å². The van der Waals surface area contributed by atoms with E-state index in [4.69, 9.17) is 9.84 Å². The van der Waals surface area contributed by atoms with Crippen molar-refractivity contribution in [3.63, 3.8) is 0 Å². The summed E-state index contributed by atoms with van der Waals surface area (Å²) in [5.74, 6) is -0.709. The molecule has 1 N–H and O–H groups in total. The lowest BCUT2D eigenvalue weighted by molar-refractivity contribution is -0.137. The van der Waals surface area contributed by atoms with Crippen LogP contribution in [0.3, 0.4) is 0 Å². The van der Waals surface area contributed by atoms with Crippen LogP contribution in [-0.4, -0.2) is 23.8 Å². The van der Waals surface area contributed by atoms with Crippen LogP contribution in [0.1, 0.15) is 39.5 Å². The molecule has 0 saturated carbocycles. The monoisotopic (exact) mass is 174 g/mol. The Morgan fingerprint density at radius 3 is 2.67 bits per heavy atom. The molecule has 0 heterocycles. The summed E-state index contributed by atoms with van der Waals surface area (Å²) >= 11 is 0. The van der Waals surface area contributed by atoms with Crippen LogP contribution in [0.5, 0.6) is 0 Å². The van der Waals surface area contributed by atoms with Crippen LogP contribution in [0.2, 0.25) is 0 Å². The van der Waals surface area contributed by atoms with E-state index in [0.29, 0.717) is 0 Å². The van der Waals surface area contributed by atoms with Crippen molar-refractivity contribution in [2.45, 2.75) is 45.6 Å². The van der Waals surface area contributed by atoms with Gasteiger partial charge >= 0.3 is 5.97 Å². The van der Waals surface area contributed by atoms with E-state index >= 15 is 0 Å². The summed E-state index contributed by atoms with van der Waals surface area (Å²) in [4.78, 5) is 10.1. The van der Waals surface area contributed by atoms with Gasteiger partial charge in [0.25, 0.3) is 0 Å². The number of unbranched alkanes of at least 4 members (excludes halogenated alkanes) is 1. The summed E-state index contributed by atoms with van der Waals surface area (Å²) in [5, 5.41) is 8.35. The van der Waals surface area contributed by atoms with Crippen molar-refractivity contribution in [2.75, 3.05) is 6.61 Å². The zero-order valence-electron chi connectivity index (χ0n) is 7.88. The molecule has 0 fully saturated rings. The lowest BCUT2D eigenvalue weighted by Gasteiger charge is -2.09. The summed E-state index contributed by atoms with van der Waals surface area (Å²) in [6.07, 6.45) is 3.20. The highest BCUT2D eigenvalue weighted by molar-refractivity contribution is 5.66. The van der Waals surface area contributed by atoms with Crippen LogP contribution in [0.15, 0.2) is 0 Å². The molecule has 0 aromatic rings. The van der Waals surface area contributed by atoms with E-state index < -0.39 is 5.97 Å². The Hall–Kier alpha value is -0.570. The Balaban J connectivity index is 3.13. The molecule has 0 aromatic heterocycles. The molecule has 0 aliphatic rings. The third kappa shape index (κ3) is 7.54. The number of carboxylic acids is 1. The van der Waals surface area contributed by atoms with Crippen molar-refractivity contribution in [1.29, 1.82) is 0 Å². The molecular weight excluding hydrogens is 156 g/mol. The summed E-state index contributed by atoms with van der Waals surface area (Å²) in [7, 11) is 0. The van der Waals surface area contributed by atoms with Crippen LogP contribution in [0.25, 0.3) is 0 Å². The van der Waals surface area contributed by atoms with E-state index in [1.54, 1.807) is 0 Å². The molecule has 12 heavy (non-hydrogen) atoms. The third-order valence-corrected chi connectivity index (χ3v) is 1.70. The SMILES string of the molecule is CCOC(C)CCCCC(=O)O. The van der Waals surface area contributed by atoms with Crippen molar-refractivity contribution in [3.05, 3.63) is 0 Å². The second-order valence-corrected chi connectivity index (χ2v) is 2.91. The minimum atomic E-state index is -0.709. The Labute approximate surface area is 73.7 Å². The number of aliphatic carboxylic acids is 1. The second-order valence-electron chi connectivity index (χ2n) is 2.91. The standard InChI is InChI=1S/C9H18O3/c1-3-12-8(2)6-4-5-7-9(10)11/h8H,3-7H2,1-2H3,(H,10,11). The van der Waals surface area contributed by atoms with Gasteiger partial charge in [-0.3, -0.25) is 4.79 Å². The molecule has 0 aliphatic heterocycles. The third-order valence-electron chi connectivity index (χ3n) is 1.70. The number of carbonyl (C=O) groups is 1. The van der Waals surface area contributed by atoms with Crippen LogP contribution in [0, 0.1) is 0 Å². The first-order valence-electron chi connectivity index (χ1n) is 4.50. The van der Waals surface area contributed by atoms with E-state index in [2.05, 4.69) is 0 Å². The molecule has 0 rings (SSSR count). The van der Waals surface area contributed by atoms with Crippen LogP contribution in [0.4, 0.5) is 0 Å². The predicted molar refractivity (Wildman–Crippen MR) is 47.2 cm³/mol. The molecular formula is C9H18O3. The van der Waals surface area contributed by atoms with E-state index in [1.165, 1.54) is 0 Å². The first kappa shape index (κ1) is 11.4. The average molecular weight is 174 g/mol. The molecule has 0 spiro atoms. The van der Waals surface area contributed by atoms with Gasteiger partial charge in [-0.2, -0.15) is 0 Å². The van der Waals surface area contributed by atoms with Gasteiger partial charge in [-0.1, -0.05) is 6.42 Å². The first-order valence-corrected chi connectivity index (χ1v) is 4.50. The first-order chi connectivity index (χ1) is 5.66. The van der Waals surface area contributed by atoms with Gasteiger partial charge in [0.15, 0.2) is 0 Å². The molecule has 0 aromatic carbocycles. The summed E-state index contributed by atoms with van der Waals surface area (Å²) < 4.78 is 5.30. The molecule has 0 radical (unpaired) electrons. The zero-order valence-corrected chi connectivity index (χ0v) is 7.88. The van der Waals surface area contributed by atoms with Gasteiger partial charge in [-0.15, -0.1) is 0 Å². The van der Waals surface area contributed by atoms with Crippen LogP contribution >= 0.6 is 0 Å². The molecule has 1 atom stereocenters. The molecule has 0 amide bonds. The number of hydrogen-bond donors (Lipinski definition) is 1. The van der Waals surface area contributed by atoms with E-state index in [1.807, 2.05) is 13.8 Å². The fourth-order valence-corrected chi connectivity index (χ4v) is 1.08. The van der Waals surface area contributed by atoms with Crippen molar-refractivity contribution < 1.29 is 14.6 Å². The fraction of sp³-hybridized carbons (Fsp3) is 0.889. The molecule has 3 heteroatoms. The fourth-order valence-electron chi connectivity index (χ4n) is 1.08. The Morgan fingerprint density at radius 2 is 2.17 bits per heavy atom. The van der Waals surface area contributed by atoms with Crippen LogP contribution in [-0.2, 0) is 9.53 Å². The second kappa shape index (κ2) is 7.10. The summed E-state index contributed by atoms with van der Waals surface area (Å²) in [6.45, 7) is 4.72. The maximum Gasteiger partial charge on any atom is 0.303 e. The zero-order chi connectivity index (χ0) is 9.40. The van der Waals surface area contributed by atoms with Gasteiger partial charge in [0.2, 0.25) is 0 Å². The van der Waals surface area contributed by atoms with E-state index in [0.717, 1.165) is 25.9 Å². The van der Waals surface area contributed by atoms with E-state index in [9.17, 15) is 4.79 Å². The Bertz CT molecular complexity index is 123. The van der Waals surface area contributed by atoms with Crippen molar-refractivity contribution in [1.82, 2.24) is 0 Å². The molecule has 0 saturated heterocycles. The molecule has 0 aliphatic carbocycles. The highest BCUT2D eigenvalue weighted by atomic mass is 16.5. The number of rotatable bonds is 7. The topological polar surface area (TPSA) is 46.5 Å². The largest absolute Gasteiger partial charge is 0.481 e. The number of hydrogen-bond acceptors (Lipinski definition) is 2. The molecule has 72 valence electrons. The Kier molecular flexibility index (Phi) is 6.76. The van der Waals surface area contributed by atoms with Gasteiger partial charge in [0.05, 0.1) is 6.10 Å². The van der Waals surface area contributed by atoms with Gasteiger partial charge < -0.3 is 9.84 Å². The van der Waals surface area contributed by atoms with Gasteiger partial charge in [-0.25, -0.2) is 0 Å². The number of ether oxygens (including phenoxy) is 1. The predicted octanol–water partition coefficient (Wildman–Crippen LogP) is 2.06. The highest BCUT2D eigenvalue weighted by Crippen LogP contribution is 2.05. The van der Waals surface area contributed by atoms with Crippen LogP contribution < -0.4 is 0 Å². The quantitative estimate of drug-likeness (QED) is 0.601. The summed E-state index contributed by atoms with van der Waals surface area (Å²) in [6, 6.07) is 0. The van der Waals surface area contributed by atoms with Crippen molar-refractivity contribution in [3.8, 4) is 0 Å². The minimum absolute atomic E-state index is 0.267. The lowest BCUT2D eigenvalue weighted by Crippen LogP contribution is -2.07. The smallest absolute Gasteiger partial charge is 0.303 e. The molecule has 3 nitrogen and oxygen atoms in total.